The Morgan fingerprint density at radius 2 is 2.10 bits per heavy atom. The molecule has 0 saturated heterocycles. The number of carbonyl (C=O) groups is 2. The average Bonchev–Trinajstić information content (AvgIpc) is 2.41. The summed E-state index contributed by atoms with van der Waals surface area (Å²) >= 11 is 0. The predicted octanol–water partition coefficient (Wildman–Crippen LogP) is 0.632. The SMILES string of the molecule is CCCNc1ccc([N+](=O)[O-])c(C(=O)NCC(N)=O)c1. The first-order valence-electron chi connectivity index (χ1n) is 6.04. The molecule has 0 spiro atoms. The first kappa shape index (κ1) is 15.4. The molecule has 0 aliphatic heterocycles. The zero-order valence-corrected chi connectivity index (χ0v) is 11.0. The molecule has 0 heterocycles. The van der Waals surface area contributed by atoms with Gasteiger partial charge in [-0.1, -0.05) is 6.92 Å². The van der Waals surface area contributed by atoms with Gasteiger partial charge in [0.15, 0.2) is 0 Å². The van der Waals surface area contributed by atoms with Crippen molar-refractivity contribution in [3.63, 3.8) is 0 Å². The van der Waals surface area contributed by atoms with Crippen molar-refractivity contribution in [1.29, 1.82) is 0 Å². The lowest BCUT2D eigenvalue weighted by molar-refractivity contribution is -0.385. The molecule has 0 bridgehead atoms. The molecule has 0 aliphatic carbocycles. The summed E-state index contributed by atoms with van der Waals surface area (Å²) in [6, 6.07) is 4.15. The number of amides is 2. The zero-order chi connectivity index (χ0) is 15.1. The Morgan fingerprint density at radius 3 is 2.65 bits per heavy atom. The van der Waals surface area contributed by atoms with Crippen molar-refractivity contribution in [1.82, 2.24) is 5.32 Å². The highest BCUT2D eigenvalue weighted by Gasteiger charge is 2.20. The van der Waals surface area contributed by atoms with E-state index in [-0.39, 0.29) is 17.8 Å². The van der Waals surface area contributed by atoms with Crippen molar-refractivity contribution in [3.8, 4) is 0 Å². The number of nitrogens with one attached hydrogen (secondary N) is 2. The molecule has 8 nitrogen and oxygen atoms in total. The van der Waals surface area contributed by atoms with Crippen molar-refractivity contribution in [3.05, 3.63) is 33.9 Å². The van der Waals surface area contributed by atoms with Gasteiger partial charge in [0, 0.05) is 18.3 Å². The molecule has 0 atom stereocenters. The molecule has 1 aromatic carbocycles. The Kier molecular flexibility index (Phi) is 5.45. The van der Waals surface area contributed by atoms with E-state index in [1.165, 1.54) is 18.2 Å². The summed E-state index contributed by atoms with van der Waals surface area (Å²) in [7, 11) is 0. The van der Waals surface area contributed by atoms with Crippen LogP contribution >= 0.6 is 0 Å². The maximum atomic E-state index is 11.8. The molecule has 0 aromatic heterocycles. The predicted molar refractivity (Wildman–Crippen MR) is 73.4 cm³/mol. The second-order valence-electron chi connectivity index (χ2n) is 4.06. The van der Waals surface area contributed by atoms with Gasteiger partial charge in [-0.05, 0) is 18.6 Å². The highest BCUT2D eigenvalue weighted by atomic mass is 16.6. The van der Waals surface area contributed by atoms with Crippen molar-refractivity contribution in [2.24, 2.45) is 5.73 Å². The van der Waals surface area contributed by atoms with Crippen LogP contribution in [0, 0.1) is 10.1 Å². The van der Waals surface area contributed by atoms with Crippen LogP contribution in [-0.4, -0.2) is 29.8 Å². The molecule has 0 saturated carbocycles. The fraction of sp³-hybridized carbons (Fsp3) is 0.333. The lowest BCUT2D eigenvalue weighted by atomic mass is 10.1. The molecule has 0 fully saturated rings. The number of carbonyl (C=O) groups excluding carboxylic acids is 2. The summed E-state index contributed by atoms with van der Waals surface area (Å²) in [4.78, 5) is 32.7. The third-order valence-corrected chi connectivity index (χ3v) is 2.44. The van der Waals surface area contributed by atoms with Crippen molar-refractivity contribution < 1.29 is 14.5 Å². The van der Waals surface area contributed by atoms with E-state index in [2.05, 4.69) is 10.6 Å². The fourth-order valence-corrected chi connectivity index (χ4v) is 1.52. The number of nitrogens with two attached hydrogens (primary N) is 1. The number of anilines is 1. The van der Waals surface area contributed by atoms with E-state index >= 15 is 0 Å². The molecule has 2 amide bonds. The molecule has 1 rings (SSSR count). The number of rotatable bonds is 7. The van der Waals surface area contributed by atoms with Crippen LogP contribution in [0.5, 0.6) is 0 Å². The lowest BCUT2D eigenvalue weighted by Gasteiger charge is -2.08. The highest BCUT2D eigenvalue weighted by molar-refractivity contribution is 6.00. The Morgan fingerprint density at radius 1 is 1.40 bits per heavy atom. The molecule has 20 heavy (non-hydrogen) atoms. The Labute approximate surface area is 115 Å². The van der Waals surface area contributed by atoms with E-state index in [4.69, 9.17) is 5.73 Å². The van der Waals surface area contributed by atoms with Gasteiger partial charge in [0.05, 0.1) is 11.5 Å². The van der Waals surface area contributed by atoms with Gasteiger partial charge in [-0.3, -0.25) is 19.7 Å². The summed E-state index contributed by atoms with van der Waals surface area (Å²) in [5.74, 6) is -1.43. The molecule has 0 unspecified atom stereocenters. The van der Waals surface area contributed by atoms with Crippen molar-refractivity contribution >= 4 is 23.2 Å². The minimum atomic E-state index is -0.721. The quantitative estimate of drug-likeness (QED) is 0.498. The van der Waals surface area contributed by atoms with Crippen LogP contribution in [0.15, 0.2) is 18.2 Å². The van der Waals surface area contributed by atoms with Crippen LogP contribution in [-0.2, 0) is 4.79 Å². The van der Waals surface area contributed by atoms with Gasteiger partial charge in [0.2, 0.25) is 5.91 Å². The number of benzene rings is 1. The van der Waals surface area contributed by atoms with Gasteiger partial charge < -0.3 is 16.4 Å². The average molecular weight is 280 g/mol. The minimum Gasteiger partial charge on any atom is -0.385 e. The molecule has 4 N–H and O–H groups in total. The number of hydrogen-bond donors (Lipinski definition) is 3. The van der Waals surface area contributed by atoms with Crippen LogP contribution in [0.2, 0.25) is 0 Å². The number of hydrogen-bond acceptors (Lipinski definition) is 5. The molecule has 108 valence electrons. The lowest BCUT2D eigenvalue weighted by Crippen LogP contribution is -2.33. The second-order valence-corrected chi connectivity index (χ2v) is 4.06. The Bertz CT molecular complexity index is 530. The topological polar surface area (TPSA) is 127 Å². The highest BCUT2D eigenvalue weighted by Crippen LogP contribution is 2.22. The normalized spacial score (nSPS) is 9.85. The summed E-state index contributed by atoms with van der Waals surface area (Å²) in [6.07, 6.45) is 0.875. The van der Waals surface area contributed by atoms with Gasteiger partial charge in [-0.2, -0.15) is 0 Å². The van der Waals surface area contributed by atoms with Crippen LogP contribution in [0.1, 0.15) is 23.7 Å². The summed E-state index contributed by atoms with van der Waals surface area (Å²) in [6.45, 7) is 2.28. The smallest absolute Gasteiger partial charge is 0.282 e. The van der Waals surface area contributed by atoms with Crippen molar-refractivity contribution in [2.45, 2.75) is 13.3 Å². The van der Waals surface area contributed by atoms with Gasteiger partial charge in [-0.15, -0.1) is 0 Å². The third kappa shape index (κ3) is 4.23. The van der Waals surface area contributed by atoms with Gasteiger partial charge in [0.25, 0.3) is 11.6 Å². The van der Waals surface area contributed by atoms with E-state index in [0.717, 1.165) is 6.42 Å². The van der Waals surface area contributed by atoms with E-state index < -0.39 is 16.7 Å². The van der Waals surface area contributed by atoms with E-state index in [9.17, 15) is 19.7 Å². The molecular weight excluding hydrogens is 264 g/mol. The summed E-state index contributed by atoms with van der Waals surface area (Å²) in [5, 5.41) is 16.2. The van der Waals surface area contributed by atoms with E-state index in [1.54, 1.807) is 0 Å². The van der Waals surface area contributed by atoms with Gasteiger partial charge in [-0.25, -0.2) is 0 Å². The first-order chi connectivity index (χ1) is 9.45. The molecule has 0 aliphatic rings. The van der Waals surface area contributed by atoms with Gasteiger partial charge >= 0.3 is 0 Å². The largest absolute Gasteiger partial charge is 0.385 e. The molecule has 0 radical (unpaired) electrons. The van der Waals surface area contributed by atoms with E-state index in [0.29, 0.717) is 12.2 Å². The molecular formula is C12H16N4O4. The Balaban J connectivity index is 3.01. The van der Waals surface area contributed by atoms with Crippen LogP contribution in [0.25, 0.3) is 0 Å². The first-order valence-corrected chi connectivity index (χ1v) is 6.04. The number of nitro benzene ring substituents is 1. The monoisotopic (exact) mass is 280 g/mol. The van der Waals surface area contributed by atoms with E-state index in [1.807, 2.05) is 6.92 Å². The summed E-state index contributed by atoms with van der Waals surface area (Å²) < 4.78 is 0. The summed E-state index contributed by atoms with van der Waals surface area (Å²) in [5.41, 5.74) is 5.07. The standard InChI is InChI=1S/C12H16N4O4/c1-2-5-14-8-3-4-10(16(19)20)9(6-8)12(18)15-7-11(13)17/h3-4,6,14H,2,5,7H2,1H3,(H2,13,17)(H,15,18). The third-order valence-electron chi connectivity index (χ3n) is 2.44. The maximum absolute atomic E-state index is 11.8. The second kappa shape index (κ2) is 7.07. The van der Waals surface area contributed by atoms with Crippen molar-refractivity contribution in [2.75, 3.05) is 18.4 Å². The number of nitro groups is 1. The molecule has 8 heteroatoms. The minimum absolute atomic E-state index is 0.114. The Hall–Kier alpha value is -2.64. The van der Waals surface area contributed by atoms with Crippen LogP contribution in [0.3, 0.4) is 0 Å². The maximum Gasteiger partial charge on any atom is 0.282 e. The van der Waals surface area contributed by atoms with Crippen LogP contribution < -0.4 is 16.4 Å². The number of primary amides is 1. The fourth-order valence-electron chi connectivity index (χ4n) is 1.52. The number of nitrogens with zero attached hydrogens (tertiary/aromatic N) is 1. The zero-order valence-electron chi connectivity index (χ0n) is 11.0. The van der Waals surface area contributed by atoms with Gasteiger partial charge in [0.1, 0.15) is 5.56 Å². The van der Waals surface area contributed by atoms with Crippen LogP contribution in [0.4, 0.5) is 11.4 Å². The molecule has 1 aromatic rings.